The van der Waals surface area contributed by atoms with Gasteiger partial charge in [0.15, 0.2) is 5.96 Å². The van der Waals surface area contributed by atoms with E-state index >= 15 is 0 Å². The van der Waals surface area contributed by atoms with Gasteiger partial charge < -0.3 is 20.1 Å². The summed E-state index contributed by atoms with van der Waals surface area (Å²) in [4.78, 5) is 22.4. The second-order valence-electron chi connectivity index (χ2n) is 5.66. The third-order valence-electron chi connectivity index (χ3n) is 4.20. The van der Waals surface area contributed by atoms with Gasteiger partial charge in [-0.3, -0.25) is 9.79 Å². The van der Waals surface area contributed by atoms with E-state index in [-0.39, 0.29) is 5.91 Å². The summed E-state index contributed by atoms with van der Waals surface area (Å²) < 4.78 is 2.00. The van der Waals surface area contributed by atoms with Crippen LogP contribution >= 0.6 is 0 Å². The minimum Gasteiger partial charge on any atom is -0.359 e. The van der Waals surface area contributed by atoms with Crippen molar-refractivity contribution in [2.75, 3.05) is 27.2 Å². The number of aliphatic imine (C=N–C) groups is 1. The molecule has 2 rings (SSSR count). The Kier molecular flexibility index (Phi) is 5.80. The Hall–Kier alpha value is -2.05. The van der Waals surface area contributed by atoms with Crippen LogP contribution in [0.5, 0.6) is 0 Å². The number of imidazole rings is 1. The fraction of sp³-hybridized carbons (Fsp3) is 0.667. The first-order valence-electron chi connectivity index (χ1n) is 7.76. The molecular weight excluding hydrogens is 280 g/mol. The molecule has 22 heavy (non-hydrogen) atoms. The lowest BCUT2D eigenvalue weighted by Gasteiger charge is -2.34. The molecule has 0 aliphatic carbocycles. The average Bonchev–Trinajstić information content (AvgIpc) is 2.94. The van der Waals surface area contributed by atoms with E-state index in [0.717, 1.165) is 37.7 Å². The van der Waals surface area contributed by atoms with Crippen LogP contribution in [0.2, 0.25) is 0 Å². The van der Waals surface area contributed by atoms with E-state index in [1.165, 1.54) is 0 Å². The standard InChI is InChI=1S/C15H26N6O/c1-16-14(22)10-12-4-7-21(8-5-12)15(17-2)19-11-13-18-6-9-20(13)3/h6,9,12H,4-5,7-8,10-11H2,1-3H3,(H,16,22)(H,17,19). The molecule has 0 saturated carbocycles. The number of likely N-dealkylation sites (tertiary alicyclic amines) is 1. The first kappa shape index (κ1) is 16.3. The van der Waals surface area contributed by atoms with Gasteiger partial charge in [-0.15, -0.1) is 0 Å². The van der Waals surface area contributed by atoms with Crippen LogP contribution in [0, 0.1) is 5.92 Å². The van der Waals surface area contributed by atoms with E-state index in [0.29, 0.717) is 18.9 Å². The number of amides is 1. The number of guanidine groups is 1. The van der Waals surface area contributed by atoms with Crippen LogP contribution in [0.1, 0.15) is 25.1 Å². The van der Waals surface area contributed by atoms with Gasteiger partial charge in [0.1, 0.15) is 5.82 Å². The first-order chi connectivity index (χ1) is 10.6. The second kappa shape index (κ2) is 7.82. The van der Waals surface area contributed by atoms with Crippen LogP contribution in [0.25, 0.3) is 0 Å². The fourth-order valence-electron chi connectivity index (χ4n) is 2.77. The third-order valence-corrected chi connectivity index (χ3v) is 4.20. The second-order valence-corrected chi connectivity index (χ2v) is 5.66. The molecule has 1 saturated heterocycles. The lowest BCUT2D eigenvalue weighted by Crippen LogP contribution is -2.46. The number of hydrogen-bond donors (Lipinski definition) is 2. The molecule has 0 bridgehead atoms. The molecule has 122 valence electrons. The minimum atomic E-state index is 0.135. The van der Waals surface area contributed by atoms with Gasteiger partial charge in [0.25, 0.3) is 0 Å². The van der Waals surface area contributed by atoms with Crippen molar-refractivity contribution in [3.05, 3.63) is 18.2 Å². The summed E-state index contributed by atoms with van der Waals surface area (Å²) in [7, 11) is 5.48. The summed E-state index contributed by atoms with van der Waals surface area (Å²) in [6.45, 7) is 2.53. The summed E-state index contributed by atoms with van der Waals surface area (Å²) >= 11 is 0. The quantitative estimate of drug-likeness (QED) is 0.621. The zero-order valence-electron chi connectivity index (χ0n) is 13.7. The summed E-state index contributed by atoms with van der Waals surface area (Å²) in [6, 6.07) is 0. The van der Waals surface area contributed by atoms with Crippen LogP contribution in [0.4, 0.5) is 0 Å². The van der Waals surface area contributed by atoms with Crippen molar-refractivity contribution in [2.45, 2.75) is 25.8 Å². The number of nitrogens with one attached hydrogen (secondary N) is 2. The van der Waals surface area contributed by atoms with Crippen molar-refractivity contribution in [1.29, 1.82) is 0 Å². The number of aromatic nitrogens is 2. The van der Waals surface area contributed by atoms with Crippen LogP contribution in [0.3, 0.4) is 0 Å². The van der Waals surface area contributed by atoms with Gasteiger partial charge in [-0.05, 0) is 18.8 Å². The zero-order chi connectivity index (χ0) is 15.9. The molecule has 7 nitrogen and oxygen atoms in total. The number of carbonyl (C=O) groups excluding carboxylic acids is 1. The molecule has 0 atom stereocenters. The van der Waals surface area contributed by atoms with Gasteiger partial charge in [-0.25, -0.2) is 4.98 Å². The van der Waals surface area contributed by atoms with Crippen molar-refractivity contribution in [3.63, 3.8) is 0 Å². The predicted molar refractivity (Wildman–Crippen MR) is 86.4 cm³/mol. The van der Waals surface area contributed by atoms with Crippen molar-refractivity contribution in [2.24, 2.45) is 18.0 Å². The van der Waals surface area contributed by atoms with Gasteiger partial charge >= 0.3 is 0 Å². The van der Waals surface area contributed by atoms with Crippen molar-refractivity contribution >= 4 is 11.9 Å². The topological polar surface area (TPSA) is 74.5 Å². The van der Waals surface area contributed by atoms with Crippen molar-refractivity contribution in [3.8, 4) is 0 Å². The lowest BCUT2D eigenvalue weighted by atomic mass is 9.93. The molecule has 1 amide bonds. The molecule has 1 fully saturated rings. The van der Waals surface area contributed by atoms with Crippen LogP contribution < -0.4 is 10.6 Å². The number of rotatable bonds is 4. The molecule has 2 N–H and O–H groups in total. The maximum Gasteiger partial charge on any atom is 0.220 e. The molecule has 1 aromatic heterocycles. The smallest absolute Gasteiger partial charge is 0.220 e. The Morgan fingerprint density at radius 1 is 1.45 bits per heavy atom. The SMILES string of the molecule is CN=C(NCc1nccn1C)N1CCC(CC(=O)NC)CC1. The van der Waals surface area contributed by atoms with Gasteiger partial charge in [0, 0.05) is 53.0 Å². The summed E-state index contributed by atoms with van der Waals surface area (Å²) in [5.41, 5.74) is 0. The van der Waals surface area contributed by atoms with Crippen molar-refractivity contribution in [1.82, 2.24) is 25.1 Å². The highest BCUT2D eigenvalue weighted by Crippen LogP contribution is 2.20. The summed E-state index contributed by atoms with van der Waals surface area (Å²) in [5, 5.41) is 6.06. The normalized spacial score (nSPS) is 16.7. The number of piperidine rings is 1. The number of aryl methyl sites for hydroxylation is 1. The molecule has 0 aromatic carbocycles. The van der Waals surface area contributed by atoms with Gasteiger partial charge in [0.2, 0.25) is 5.91 Å². The minimum absolute atomic E-state index is 0.135. The van der Waals surface area contributed by atoms with E-state index in [1.54, 1.807) is 20.3 Å². The maximum atomic E-state index is 11.4. The van der Waals surface area contributed by atoms with Gasteiger partial charge in [-0.1, -0.05) is 0 Å². The van der Waals surface area contributed by atoms with E-state index < -0.39 is 0 Å². The largest absolute Gasteiger partial charge is 0.359 e. The Morgan fingerprint density at radius 2 is 2.18 bits per heavy atom. The Balaban J connectivity index is 1.81. The fourth-order valence-corrected chi connectivity index (χ4v) is 2.77. The van der Waals surface area contributed by atoms with Gasteiger partial charge in [-0.2, -0.15) is 0 Å². The van der Waals surface area contributed by atoms with E-state index in [9.17, 15) is 4.79 Å². The summed E-state index contributed by atoms with van der Waals surface area (Å²) in [6.07, 6.45) is 6.41. The molecule has 0 radical (unpaired) electrons. The van der Waals surface area contributed by atoms with Crippen LogP contribution in [-0.2, 0) is 18.4 Å². The molecular formula is C15H26N6O. The van der Waals surface area contributed by atoms with E-state index in [2.05, 4.69) is 25.5 Å². The van der Waals surface area contributed by atoms with E-state index in [4.69, 9.17) is 0 Å². The van der Waals surface area contributed by atoms with E-state index in [1.807, 2.05) is 17.8 Å². The molecule has 1 aromatic rings. The number of hydrogen-bond acceptors (Lipinski definition) is 3. The van der Waals surface area contributed by atoms with Crippen molar-refractivity contribution < 1.29 is 4.79 Å². The molecule has 7 heteroatoms. The molecule has 1 aliphatic heterocycles. The lowest BCUT2D eigenvalue weighted by molar-refractivity contribution is -0.121. The molecule has 2 heterocycles. The first-order valence-corrected chi connectivity index (χ1v) is 7.76. The zero-order valence-corrected chi connectivity index (χ0v) is 13.7. The molecule has 0 unspecified atom stereocenters. The van der Waals surface area contributed by atoms with Gasteiger partial charge in [0.05, 0.1) is 6.54 Å². The number of carbonyl (C=O) groups is 1. The van der Waals surface area contributed by atoms with Crippen LogP contribution in [0.15, 0.2) is 17.4 Å². The maximum absolute atomic E-state index is 11.4. The van der Waals surface area contributed by atoms with Crippen LogP contribution in [-0.4, -0.2) is 53.5 Å². The Labute approximate surface area is 131 Å². The Bertz CT molecular complexity index is 516. The highest BCUT2D eigenvalue weighted by atomic mass is 16.1. The molecule has 0 spiro atoms. The molecule has 1 aliphatic rings. The Morgan fingerprint density at radius 3 is 2.73 bits per heavy atom. The third kappa shape index (κ3) is 4.22. The highest BCUT2D eigenvalue weighted by Gasteiger charge is 2.23. The summed E-state index contributed by atoms with van der Waals surface area (Å²) in [5.74, 6) is 2.50. The predicted octanol–water partition coefficient (Wildman–Crippen LogP) is 0.344. The monoisotopic (exact) mass is 306 g/mol. The average molecular weight is 306 g/mol. The highest BCUT2D eigenvalue weighted by molar-refractivity contribution is 5.80. The number of nitrogens with zero attached hydrogens (tertiary/aromatic N) is 4.